The number of anilines is 1. The Bertz CT molecular complexity index is 702. The van der Waals surface area contributed by atoms with E-state index in [9.17, 15) is 9.18 Å². The number of amides is 1. The Kier molecular flexibility index (Phi) is 3.99. The van der Waals surface area contributed by atoms with E-state index in [0.717, 1.165) is 5.56 Å². The summed E-state index contributed by atoms with van der Waals surface area (Å²) < 4.78 is 13.0. The molecule has 0 aliphatic rings. The molecule has 0 spiro atoms. The lowest BCUT2D eigenvalue weighted by molar-refractivity contribution is 0.102. The van der Waals surface area contributed by atoms with Crippen molar-refractivity contribution < 1.29 is 9.18 Å². The van der Waals surface area contributed by atoms with Crippen LogP contribution in [0.1, 0.15) is 29.9 Å². The minimum Gasteiger partial charge on any atom is -0.321 e. The van der Waals surface area contributed by atoms with Crippen molar-refractivity contribution >= 4 is 11.6 Å². The normalized spacial score (nSPS) is 10.8. The molecule has 0 atom stereocenters. The molecule has 1 heterocycles. The van der Waals surface area contributed by atoms with Crippen LogP contribution in [0.5, 0.6) is 0 Å². The topological polar surface area (TPSA) is 65.8 Å². The fourth-order valence-electron chi connectivity index (χ4n) is 1.76. The zero-order valence-corrected chi connectivity index (χ0v) is 11.7. The third kappa shape index (κ3) is 3.42. The number of hydrogen-bond acceptors (Lipinski definition) is 3. The van der Waals surface area contributed by atoms with E-state index in [4.69, 9.17) is 5.26 Å². The summed E-state index contributed by atoms with van der Waals surface area (Å²) in [7, 11) is 0. The van der Waals surface area contributed by atoms with Crippen molar-refractivity contribution in [3.05, 3.63) is 59.7 Å². The predicted octanol–water partition coefficient (Wildman–Crippen LogP) is 3.27. The molecule has 2 aromatic rings. The van der Waals surface area contributed by atoms with Crippen molar-refractivity contribution in [3.8, 4) is 6.07 Å². The van der Waals surface area contributed by atoms with Crippen molar-refractivity contribution in [2.75, 3.05) is 5.32 Å². The van der Waals surface area contributed by atoms with Gasteiger partial charge < -0.3 is 5.32 Å². The highest BCUT2D eigenvalue weighted by atomic mass is 19.1. The number of nitriles is 1. The van der Waals surface area contributed by atoms with E-state index in [1.165, 1.54) is 18.2 Å². The number of hydrogen-bond donors (Lipinski definition) is 1. The average Bonchev–Trinajstić information content (AvgIpc) is 2.48. The summed E-state index contributed by atoms with van der Waals surface area (Å²) in [6, 6.07) is 13.2. The molecule has 0 unspecified atom stereocenters. The quantitative estimate of drug-likeness (QED) is 0.879. The molecular formula is C16H14FN3O. The molecule has 0 aliphatic heterocycles. The first kappa shape index (κ1) is 14.7. The largest absolute Gasteiger partial charge is 0.321 e. The van der Waals surface area contributed by atoms with Crippen LogP contribution in [0, 0.1) is 17.3 Å². The molecule has 2 rings (SSSR count). The highest BCUT2D eigenvalue weighted by Gasteiger charge is 2.19. The standard InChI is InChI=1S/C16H14FN3O/c1-16(2,10-18)11-6-8-12(9-7-11)19-15(21)13-4-3-5-14(17)20-13/h3-9H,1-2H3,(H,19,21). The van der Waals surface area contributed by atoms with Gasteiger partial charge in [-0.3, -0.25) is 4.79 Å². The minimum absolute atomic E-state index is 0.0106. The Morgan fingerprint density at radius 1 is 1.24 bits per heavy atom. The van der Waals surface area contributed by atoms with Crippen LogP contribution in [-0.2, 0) is 5.41 Å². The van der Waals surface area contributed by atoms with E-state index < -0.39 is 17.3 Å². The van der Waals surface area contributed by atoms with E-state index in [2.05, 4.69) is 16.4 Å². The first-order chi connectivity index (χ1) is 9.92. The Morgan fingerprint density at radius 3 is 2.48 bits per heavy atom. The van der Waals surface area contributed by atoms with Crippen LogP contribution in [0.15, 0.2) is 42.5 Å². The van der Waals surface area contributed by atoms with E-state index >= 15 is 0 Å². The summed E-state index contributed by atoms with van der Waals surface area (Å²) in [5.41, 5.74) is 0.832. The fraction of sp³-hybridized carbons (Fsp3) is 0.188. The SMILES string of the molecule is CC(C)(C#N)c1ccc(NC(=O)c2cccc(F)n2)cc1. The molecule has 0 saturated carbocycles. The first-order valence-electron chi connectivity index (χ1n) is 6.38. The van der Waals surface area contributed by atoms with Crippen LogP contribution in [0.4, 0.5) is 10.1 Å². The van der Waals surface area contributed by atoms with Gasteiger partial charge in [0.25, 0.3) is 5.91 Å². The molecule has 0 aliphatic carbocycles. The molecule has 0 saturated heterocycles. The van der Waals surface area contributed by atoms with Crippen molar-refractivity contribution in [1.82, 2.24) is 4.98 Å². The lowest BCUT2D eigenvalue weighted by atomic mass is 9.86. The van der Waals surface area contributed by atoms with Gasteiger partial charge in [-0.15, -0.1) is 0 Å². The van der Waals surface area contributed by atoms with E-state index in [1.807, 2.05) is 13.8 Å². The maximum absolute atomic E-state index is 13.0. The zero-order valence-electron chi connectivity index (χ0n) is 11.7. The number of nitrogens with zero attached hydrogens (tertiary/aromatic N) is 2. The third-order valence-corrected chi connectivity index (χ3v) is 3.09. The van der Waals surface area contributed by atoms with Crippen molar-refractivity contribution in [2.45, 2.75) is 19.3 Å². The van der Waals surface area contributed by atoms with Crippen molar-refractivity contribution in [3.63, 3.8) is 0 Å². The second-order valence-electron chi connectivity index (χ2n) is 5.11. The number of rotatable bonds is 3. The van der Waals surface area contributed by atoms with Gasteiger partial charge in [0.1, 0.15) is 5.69 Å². The van der Waals surface area contributed by atoms with Gasteiger partial charge >= 0.3 is 0 Å². The molecule has 1 amide bonds. The number of pyridine rings is 1. The van der Waals surface area contributed by atoms with Gasteiger partial charge in [-0.1, -0.05) is 18.2 Å². The van der Waals surface area contributed by atoms with Gasteiger partial charge in [0.05, 0.1) is 11.5 Å². The van der Waals surface area contributed by atoms with Gasteiger partial charge in [-0.2, -0.15) is 9.65 Å². The monoisotopic (exact) mass is 283 g/mol. The lowest BCUT2D eigenvalue weighted by Gasteiger charge is -2.16. The average molecular weight is 283 g/mol. The summed E-state index contributed by atoms with van der Waals surface area (Å²) in [5.74, 6) is -1.18. The highest BCUT2D eigenvalue weighted by molar-refractivity contribution is 6.02. The number of carbonyl (C=O) groups is 1. The Balaban J connectivity index is 2.14. The van der Waals surface area contributed by atoms with Crippen LogP contribution in [0.2, 0.25) is 0 Å². The molecule has 106 valence electrons. The predicted molar refractivity (Wildman–Crippen MR) is 77.2 cm³/mol. The van der Waals surface area contributed by atoms with E-state index in [0.29, 0.717) is 5.69 Å². The molecular weight excluding hydrogens is 269 g/mol. The van der Waals surface area contributed by atoms with Gasteiger partial charge in [-0.25, -0.2) is 4.98 Å². The summed E-state index contributed by atoms with van der Waals surface area (Å²) in [5, 5.41) is 11.7. The molecule has 0 radical (unpaired) electrons. The van der Waals surface area contributed by atoms with Crippen LogP contribution >= 0.6 is 0 Å². The number of carbonyl (C=O) groups excluding carboxylic acids is 1. The smallest absolute Gasteiger partial charge is 0.274 e. The van der Waals surface area contributed by atoms with Gasteiger partial charge in [0.15, 0.2) is 0 Å². The lowest BCUT2D eigenvalue weighted by Crippen LogP contribution is -2.16. The molecule has 0 bridgehead atoms. The number of aromatic nitrogens is 1. The van der Waals surface area contributed by atoms with Gasteiger partial charge in [0, 0.05) is 5.69 Å². The molecule has 4 nitrogen and oxygen atoms in total. The second kappa shape index (κ2) is 5.71. The summed E-state index contributed by atoms with van der Waals surface area (Å²) in [6.45, 7) is 3.63. The highest BCUT2D eigenvalue weighted by Crippen LogP contribution is 2.23. The molecule has 21 heavy (non-hydrogen) atoms. The Labute approximate surface area is 122 Å². The summed E-state index contributed by atoms with van der Waals surface area (Å²) >= 11 is 0. The summed E-state index contributed by atoms with van der Waals surface area (Å²) in [6.07, 6.45) is 0. The Hall–Kier alpha value is -2.74. The van der Waals surface area contributed by atoms with Gasteiger partial charge in [0.2, 0.25) is 5.95 Å². The number of halogens is 1. The molecule has 1 aromatic carbocycles. The molecule has 1 aromatic heterocycles. The second-order valence-corrected chi connectivity index (χ2v) is 5.11. The Morgan fingerprint density at radius 2 is 1.90 bits per heavy atom. The van der Waals surface area contributed by atoms with Crippen LogP contribution < -0.4 is 5.32 Å². The molecule has 0 fully saturated rings. The van der Waals surface area contributed by atoms with Gasteiger partial charge in [-0.05, 0) is 43.7 Å². The fourth-order valence-corrected chi connectivity index (χ4v) is 1.76. The van der Waals surface area contributed by atoms with E-state index in [-0.39, 0.29) is 5.69 Å². The number of nitrogens with one attached hydrogen (secondary N) is 1. The van der Waals surface area contributed by atoms with E-state index in [1.54, 1.807) is 24.3 Å². The number of benzene rings is 1. The zero-order chi connectivity index (χ0) is 15.5. The van der Waals surface area contributed by atoms with Crippen LogP contribution in [0.3, 0.4) is 0 Å². The summed E-state index contributed by atoms with van der Waals surface area (Å²) in [4.78, 5) is 15.4. The molecule has 5 heteroatoms. The third-order valence-electron chi connectivity index (χ3n) is 3.09. The maximum Gasteiger partial charge on any atom is 0.274 e. The minimum atomic E-state index is -0.700. The van der Waals surface area contributed by atoms with Crippen LogP contribution in [-0.4, -0.2) is 10.9 Å². The maximum atomic E-state index is 13.0. The van der Waals surface area contributed by atoms with Crippen molar-refractivity contribution in [1.29, 1.82) is 5.26 Å². The molecule has 1 N–H and O–H groups in total. The van der Waals surface area contributed by atoms with Crippen LogP contribution in [0.25, 0.3) is 0 Å². The first-order valence-corrected chi connectivity index (χ1v) is 6.38. The van der Waals surface area contributed by atoms with Crippen molar-refractivity contribution in [2.24, 2.45) is 0 Å².